The first-order valence-corrected chi connectivity index (χ1v) is 9.36. The number of amides is 1. The zero-order chi connectivity index (χ0) is 20.5. The fourth-order valence-electron chi connectivity index (χ4n) is 2.45. The molecule has 0 aliphatic rings. The van der Waals surface area contributed by atoms with E-state index in [0.29, 0.717) is 30.2 Å². The molecule has 5 nitrogen and oxygen atoms in total. The van der Waals surface area contributed by atoms with Crippen LogP contribution in [0.4, 0.5) is 0 Å². The van der Waals surface area contributed by atoms with Crippen molar-refractivity contribution in [2.45, 2.75) is 19.8 Å². The Labute approximate surface area is 179 Å². The van der Waals surface area contributed by atoms with Gasteiger partial charge in [0.25, 0.3) is 5.91 Å². The molecule has 1 amide bonds. The largest absolute Gasteiger partial charge is 0.461 e. The first-order valence-electron chi connectivity index (χ1n) is 9.36. The van der Waals surface area contributed by atoms with Gasteiger partial charge in [-0.25, -0.2) is 4.79 Å². The Bertz CT molecular complexity index is 813. The van der Waals surface area contributed by atoms with Gasteiger partial charge in [-0.3, -0.25) is 4.79 Å². The molecular weight excluding hydrogens is 388 g/mol. The number of rotatable bonds is 8. The van der Waals surface area contributed by atoms with Gasteiger partial charge < -0.3 is 15.0 Å². The molecule has 2 aromatic rings. The number of carbonyl (C=O) groups excluding carboxylic acids is 2. The van der Waals surface area contributed by atoms with Crippen LogP contribution in [0.2, 0.25) is 0 Å². The maximum Gasteiger partial charge on any atom is 0.338 e. The molecule has 0 atom stereocenters. The van der Waals surface area contributed by atoms with Crippen LogP contribution in [0, 0.1) is 0 Å². The number of likely N-dealkylation sites (N-methyl/N-ethyl adjacent to an activating group) is 1. The second kappa shape index (κ2) is 12.0. The van der Waals surface area contributed by atoms with Crippen molar-refractivity contribution in [3.8, 4) is 0 Å². The summed E-state index contributed by atoms with van der Waals surface area (Å²) in [5, 5.41) is 2.76. The van der Waals surface area contributed by atoms with E-state index in [1.807, 2.05) is 55.4 Å². The van der Waals surface area contributed by atoms with Crippen LogP contribution in [0.15, 0.2) is 54.7 Å². The molecule has 2 rings (SSSR count). The first kappa shape index (κ1) is 24.4. The van der Waals surface area contributed by atoms with Crippen LogP contribution in [0.25, 0.3) is 6.08 Å². The van der Waals surface area contributed by atoms with Crippen molar-refractivity contribution in [1.82, 2.24) is 10.2 Å². The standard InChI is InChI=1S/C23H28N2O3.ClH/c1-17(2)19-9-11-20(12-10-19)22(26)24-14-13-18-5-7-21(8-6-18)23(27)28-16-15-25(3)4;/h5-14,17H,15-16H2,1-4H3,(H,24,26);1H/b14-13+;. The zero-order valence-electron chi connectivity index (χ0n) is 17.3. The summed E-state index contributed by atoms with van der Waals surface area (Å²) in [6, 6.07) is 14.6. The van der Waals surface area contributed by atoms with Gasteiger partial charge in [0.1, 0.15) is 6.61 Å². The van der Waals surface area contributed by atoms with E-state index in [-0.39, 0.29) is 24.3 Å². The Morgan fingerprint density at radius 3 is 2.14 bits per heavy atom. The van der Waals surface area contributed by atoms with Gasteiger partial charge in [0, 0.05) is 18.3 Å². The predicted octanol–water partition coefficient (Wildman–Crippen LogP) is 4.35. The monoisotopic (exact) mass is 416 g/mol. The number of esters is 1. The minimum atomic E-state index is -0.337. The number of nitrogens with zero attached hydrogens (tertiary/aromatic N) is 1. The van der Waals surface area contributed by atoms with Crippen molar-refractivity contribution in [1.29, 1.82) is 0 Å². The molecule has 0 saturated carbocycles. The lowest BCUT2D eigenvalue weighted by atomic mass is 10.0. The third-order valence-corrected chi connectivity index (χ3v) is 4.25. The van der Waals surface area contributed by atoms with Crippen LogP contribution in [0.3, 0.4) is 0 Å². The van der Waals surface area contributed by atoms with E-state index >= 15 is 0 Å². The van der Waals surface area contributed by atoms with Crippen LogP contribution in [0.5, 0.6) is 0 Å². The molecule has 0 aromatic heterocycles. The van der Waals surface area contributed by atoms with Crippen LogP contribution < -0.4 is 5.32 Å². The van der Waals surface area contributed by atoms with E-state index in [0.717, 1.165) is 5.56 Å². The summed E-state index contributed by atoms with van der Waals surface area (Å²) in [4.78, 5) is 26.1. The molecule has 0 fully saturated rings. The first-order chi connectivity index (χ1) is 13.4. The number of hydrogen-bond acceptors (Lipinski definition) is 4. The fraction of sp³-hybridized carbons (Fsp3) is 0.304. The smallest absolute Gasteiger partial charge is 0.338 e. The van der Waals surface area contributed by atoms with E-state index in [2.05, 4.69) is 19.2 Å². The quantitative estimate of drug-likeness (QED) is 0.650. The van der Waals surface area contributed by atoms with E-state index in [9.17, 15) is 9.59 Å². The Kier molecular flexibility index (Phi) is 10.1. The third kappa shape index (κ3) is 8.10. The van der Waals surface area contributed by atoms with Gasteiger partial charge in [0.15, 0.2) is 0 Å². The lowest BCUT2D eigenvalue weighted by Gasteiger charge is -2.09. The Morgan fingerprint density at radius 1 is 1.00 bits per heavy atom. The highest BCUT2D eigenvalue weighted by Gasteiger charge is 2.07. The maximum absolute atomic E-state index is 12.2. The molecular formula is C23H29ClN2O3. The number of halogens is 1. The van der Waals surface area contributed by atoms with Crippen LogP contribution in [0.1, 0.15) is 51.6 Å². The van der Waals surface area contributed by atoms with Crippen molar-refractivity contribution in [3.63, 3.8) is 0 Å². The van der Waals surface area contributed by atoms with Crippen molar-refractivity contribution in [2.75, 3.05) is 27.2 Å². The molecule has 0 bridgehead atoms. The van der Waals surface area contributed by atoms with E-state index in [4.69, 9.17) is 4.74 Å². The number of benzene rings is 2. The van der Waals surface area contributed by atoms with Gasteiger partial charge in [-0.2, -0.15) is 0 Å². The van der Waals surface area contributed by atoms with E-state index in [1.165, 1.54) is 5.56 Å². The Balaban J connectivity index is 0.00000420. The van der Waals surface area contributed by atoms with Gasteiger partial charge in [-0.1, -0.05) is 38.1 Å². The summed E-state index contributed by atoms with van der Waals surface area (Å²) in [5.74, 6) is -0.0617. The summed E-state index contributed by atoms with van der Waals surface area (Å²) in [7, 11) is 3.85. The second-order valence-corrected chi connectivity index (χ2v) is 7.14. The number of hydrogen-bond donors (Lipinski definition) is 1. The van der Waals surface area contributed by atoms with Crippen molar-refractivity contribution < 1.29 is 14.3 Å². The highest BCUT2D eigenvalue weighted by molar-refractivity contribution is 5.95. The van der Waals surface area contributed by atoms with Crippen molar-refractivity contribution >= 4 is 30.4 Å². The number of carbonyl (C=O) groups is 2. The summed E-state index contributed by atoms with van der Waals surface area (Å²) in [6.07, 6.45) is 3.38. The van der Waals surface area contributed by atoms with Crippen LogP contribution in [-0.2, 0) is 4.74 Å². The molecule has 6 heteroatoms. The summed E-state index contributed by atoms with van der Waals surface area (Å²) < 4.78 is 5.21. The molecule has 29 heavy (non-hydrogen) atoms. The fourth-order valence-corrected chi connectivity index (χ4v) is 2.45. The van der Waals surface area contributed by atoms with Gasteiger partial charge >= 0.3 is 5.97 Å². The predicted molar refractivity (Wildman–Crippen MR) is 120 cm³/mol. The van der Waals surface area contributed by atoms with Crippen LogP contribution in [-0.4, -0.2) is 44.0 Å². The molecule has 0 radical (unpaired) electrons. The molecule has 0 heterocycles. The molecule has 2 aromatic carbocycles. The van der Waals surface area contributed by atoms with Gasteiger partial charge in [-0.15, -0.1) is 12.4 Å². The molecule has 0 saturated heterocycles. The summed E-state index contributed by atoms with van der Waals surface area (Å²) in [6.45, 7) is 5.28. The van der Waals surface area contributed by atoms with E-state index < -0.39 is 0 Å². The highest BCUT2D eigenvalue weighted by Crippen LogP contribution is 2.14. The van der Waals surface area contributed by atoms with Gasteiger partial charge in [0.2, 0.25) is 0 Å². The Hall–Kier alpha value is -2.63. The number of nitrogens with one attached hydrogen (secondary N) is 1. The van der Waals surface area contributed by atoms with Crippen molar-refractivity contribution in [2.24, 2.45) is 0 Å². The second-order valence-electron chi connectivity index (χ2n) is 7.14. The highest BCUT2D eigenvalue weighted by atomic mass is 35.5. The van der Waals surface area contributed by atoms with Crippen molar-refractivity contribution in [3.05, 3.63) is 77.0 Å². The molecule has 0 unspecified atom stereocenters. The third-order valence-electron chi connectivity index (χ3n) is 4.25. The topological polar surface area (TPSA) is 58.6 Å². The van der Waals surface area contributed by atoms with Gasteiger partial charge in [-0.05, 0) is 61.5 Å². The summed E-state index contributed by atoms with van der Waals surface area (Å²) in [5.41, 5.74) is 3.20. The Morgan fingerprint density at radius 2 is 1.59 bits per heavy atom. The van der Waals surface area contributed by atoms with Crippen LogP contribution >= 0.6 is 12.4 Å². The average molecular weight is 417 g/mol. The zero-order valence-corrected chi connectivity index (χ0v) is 18.2. The molecule has 1 N–H and O–H groups in total. The molecule has 0 aliphatic heterocycles. The van der Waals surface area contributed by atoms with Gasteiger partial charge in [0.05, 0.1) is 5.56 Å². The molecule has 0 aliphatic carbocycles. The maximum atomic E-state index is 12.2. The normalized spacial score (nSPS) is 10.8. The number of ether oxygens (including phenoxy) is 1. The molecule has 156 valence electrons. The minimum Gasteiger partial charge on any atom is -0.461 e. The van der Waals surface area contributed by atoms with E-state index in [1.54, 1.807) is 24.4 Å². The summed E-state index contributed by atoms with van der Waals surface area (Å²) >= 11 is 0. The molecule has 0 spiro atoms. The SMILES string of the molecule is CC(C)c1ccc(C(=O)N/C=C/c2ccc(C(=O)OCCN(C)C)cc2)cc1.Cl. The average Bonchev–Trinajstić information content (AvgIpc) is 2.68. The minimum absolute atomic E-state index is 0. The lowest BCUT2D eigenvalue weighted by Crippen LogP contribution is -2.20. The lowest BCUT2D eigenvalue weighted by molar-refractivity contribution is 0.0481.